The van der Waals surface area contributed by atoms with E-state index in [0.717, 1.165) is 16.7 Å². The van der Waals surface area contributed by atoms with Crippen molar-refractivity contribution in [3.05, 3.63) is 46.2 Å². The highest BCUT2D eigenvalue weighted by molar-refractivity contribution is 8.04. The van der Waals surface area contributed by atoms with Gasteiger partial charge in [-0.05, 0) is 12.1 Å². The van der Waals surface area contributed by atoms with Crippen molar-refractivity contribution in [1.82, 2.24) is 4.90 Å². The Balaban J connectivity index is 2.17. The number of nitriles is 2. The van der Waals surface area contributed by atoms with Gasteiger partial charge in [-0.15, -0.1) is 0 Å². The van der Waals surface area contributed by atoms with Gasteiger partial charge >= 0.3 is 5.97 Å². The summed E-state index contributed by atoms with van der Waals surface area (Å²) < 4.78 is 5.32. The van der Waals surface area contributed by atoms with Gasteiger partial charge in [0.1, 0.15) is 16.8 Å². The number of rotatable bonds is 3. The average molecular weight is 342 g/mol. The fourth-order valence-corrected chi connectivity index (χ4v) is 3.98. The highest BCUT2D eigenvalue weighted by Crippen LogP contribution is 2.49. The number of carboxylic acids is 1. The molecule has 3 heterocycles. The molecule has 0 spiro atoms. The van der Waals surface area contributed by atoms with Crippen LogP contribution in [-0.4, -0.2) is 27.1 Å². The van der Waals surface area contributed by atoms with E-state index in [1.54, 1.807) is 12.1 Å². The molecule has 1 fully saturated rings. The first-order chi connectivity index (χ1) is 11.5. The highest BCUT2D eigenvalue weighted by Gasteiger charge is 2.47. The van der Waals surface area contributed by atoms with E-state index in [1.807, 2.05) is 12.1 Å². The van der Waals surface area contributed by atoms with Crippen molar-refractivity contribution in [2.24, 2.45) is 5.73 Å². The molecular formula is C15H10N4O4S. The normalized spacial score (nSPS) is 23.1. The molecule has 0 aliphatic carbocycles. The lowest BCUT2D eigenvalue weighted by molar-refractivity contribution is -0.139. The van der Waals surface area contributed by atoms with E-state index >= 15 is 0 Å². The van der Waals surface area contributed by atoms with E-state index in [1.165, 1.54) is 6.26 Å². The van der Waals surface area contributed by atoms with E-state index in [4.69, 9.17) is 15.3 Å². The van der Waals surface area contributed by atoms with Gasteiger partial charge < -0.3 is 15.3 Å². The van der Waals surface area contributed by atoms with Gasteiger partial charge in [-0.3, -0.25) is 14.5 Å². The second kappa shape index (κ2) is 5.80. The minimum Gasteiger partial charge on any atom is -0.481 e. The van der Waals surface area contributed by atoms with E-state index in [9.17, 15) is 20.1 Å². The van der Waals surface area contributed by atoms with Gasteiger partial charge in [-0.1, -0.05) is 11.8 Å². The molecule has 8 nitrogen and oxygen atoms in total. The summed E-state index contributed by atoms with van der Waals surface area (Å²) in [5.74, 6) is -2.24. The zero-order valence-electron chi connectivity index (χ0n) is 12.1. The van der Waals surface area contributed by atoms with Crippen LogP contribution < -0.4 is 5.73 Å². The minimum atomic E-state index is -1.13. The molecule has 3 N–H and O–H groups in total. The summed E-state index contributed by atoms with van der Waals surface area (Å²) in [6, 6.07) is 7.17. The lowest BCUT2D eigenvalue weighted by atomic mass is 9.87. The number of thioether (sulfide) groups is 1. The maximum absolute atomic E-state index is 12.5. The SMILES string of the molecule is N#CC1=C(N)N2C(=O)C(CC(=O)O)SC2=C(C#N)C1c1ccco1. The van der Waals surface area contributed by atoms with Crippen molar-refractivity contribution in [2.75, 3.05) is 0 Å². The summed E-state index contributed by atoms with van der Waals surface area (Å²) in [7, 11) is 0. The number of allylic oxidation sites excluding steroid dienone is 2. The molecule has 0 bridgehead atoms. The maximum atomic E-state index is 12.5. The van der Waals surface area contributed by atoms with Crippen LogP contribution in [0.2, 0.25) is 0 Å². The van der Waals surface area contributed by atoms with Crippen molar-refractivity contribution in [2.45, 2.75) is 17.6 Å². The molecule has 1 aromatic rings. The van der Waals surface area contributed by atoms with E-state index in [0.29, 0.717) is 5.76 Å². The third-order valence-electron chi connectivity index (χ3n) is 3.71. The molecule has 120 valence electrons. The zero-order valence-corrected chi connectivity index (χ0v) is 12.9. The van der Waals surface area contributed by atoms with Gasteiger partial charge in [0.15, 0.2) is 0 Å². The third-order valence-corrected chi connectivity index (χ3v) is 4.98. The van der Waals surface area contributed by atoms with Crippen LogP contribution >= 0.6 is 11.8 Å². The monoisotopic (exact) mass is 342 g/mol. The predicted octanol–water partition coefficient (Wildman–Crippen LogP) is 1.22. The number of nitrogens with zero attached hydrogens (tertiary/aromatic N) is 3. The molecule has 2 aliphatic rings. The Morgan fingerprint density at radius 3 is 2.67 bits per heavy atom. The Hall–Kier alpha value is -3.17. The molecule has 2 unspecified atom stereocenters. The first-order valence-electron chi connectivity index (χ1n) is 6.79. The van der Waals surface area contributed by atoms with Gasteiger partial charge in [-0.25, -0.2) is 0 Å². The molecule has 24 heavy (non-hydrogen) atoms. The average Bonchev–Trinajstić information content (AvgIpc) is 3.16. The Kier molecular flexibility index (Phi) is 3.80. The molecular weight excluding hydrogens is 332 g/mol. The van der Waals surface area contributed by atoms with Gasteiger partial charge in [-0.2, -0.15) is 10.5 Å². The molecule has 1 amide bonds. The second-order valence-corrected chi connectivity index (χ2v) is 6.26. The summed E-state index contributed by atoms with van der Waals surface area (Å²) in [6.45, 7) is 0. The fourth-order valence-electron chi connectivity index (χ4n) is 2.69. The van der Waals surface area contributed by atoms with Gasteiger partial charge in [0.05, 0.1) is 46.9 Å². The Labute approximate surface area is 140 Å². The smallest absolute Gasteiger partial charge is 0.305 e. The number of carboxylic acid groups (broad SMARTS) is 1. The van der Waals surface area contributed by atoms with Crippen LogP contribution in [0.15, 0.2) is 44.8 Å². The number of fused-ring (bicyclic) bond motifs is 1. The molecule has 2 atom stereocenters. The Morgan fingerprint density at radius 2 is 2.12 bits per heavy atom. The first kappa shape index (κ1) is 15.7. The number of amides is 1. The number of hydrogen-bond acceptors (Lipinski definition) is 7. The van der Waals surface area contributed by atoms with Crippen LogP contribution in [0.1, 0.15) is 18.1 Å². The highest BCUT2D eigenvalue weighted by atomic mass is 32.2. The third kappa shape index (κ3) is 2.23. The van der Waals surface area contributed by atoms with Crippen LogP contribution in [0.3, 0.4) is 0 Å². The topological polar surface area (TPSA) is 144 Å². The van der Waals surface area contributed by atoms with Crippen molar-refractivity contribution >= 4 is 23.6 Å². The number of furan rings is 1. The number of aliphatic carboxylic acids is 1. The largest absolute Gasteiger partial charge is 0.481 e. The number of hydrogen-bond donors (Lipinski definition) is 2. The van der Waals surface area contributed by atoms with Crippen LogP contribution in [0.25, 0.3) is 0 Å². The molecule has 3 rings (SSSR count). The number of carbonyl (C=O) groups excluding carboxylic acids is 1. The summed E-state index contributed by atoms with van der Waals surface area (Å²) in [5.41, 5.74) is 6.15. The van der Waals surface area contributed by atoms with Crippen molar-refractivity contribution < 1.29 is 19.1 Å². The zero-order chi connectivity index (χ0) is 17.4. The molecule has 0 aromatic carbocycles. The minimum absolute atomic E-state index is 0.0233. The van der Waals surface area contributed by atoms with E-state index < -0.39 is 29.5 Å². The Morgan fingerprint density at radius 1 is 1.42 bits per heavy atom. The molecule has 1 saturated heterocycles. The predicted molar refractivity (Wildman–Crippen MR) is 81.4 cm³/mol. The van der Waals surface area contributed by atoms with E-state index in [-0.39, 0.29) is 22.0 Å². The molecule has 0 radical (unpaired) electrons. The van der Waals surface area contributed by atoms with Crippen molar-refractivity contribution in [3.63, 3.8) is 0 Å². The molecule has 9 heteroatoms. The first-order valence-corrected chi connectivity index (χ1v) is 7.67. The summed E-state index contributed by atoms with van der Waals surface area (Å²) in [6.07, 6.45) is 1.01. The molecule has 1 aromatic heterocycles. The lowest BCUT2D eigenvalue weighted by Gasteiger charge is -2.28. The van der Waals surface area contributed by atoms with Gasteiger partial charge in [0, 0.05) is 0 Å². The van der Waals surface area contributed by atoms with Crippen LogP contribution in [0.5, 0.6) is 0 Å². The Bertz CT molecular complexity index is 872. The second-order valence-electron chi connectivity index (χ2n) is 5.07. The maximum Gasteiger partial charge on any atom is 0.305 e. The van der Waals surface area contributed by atoms with Gasteiger partial charge in [0.25, 0.3) is 0 Å². The quantitative estimate of drug-likeness (QED) is 0.834. The fraction of sp³-hybridized carbons (Fsp3) is 0.200. The standard InChI is InChI=1S/C15H10N4O4S/c16-5-7-12(9-2-1-3-23-9)8(6-17)15-19(13(7)18)14(22)10(24-15)4-11(20)21/h1-3,10,12H,4,18H2,(H,20,21). The van der Waals surface area contributed by atoms with Crippen LogP contribution in [0, 0.1) is 22.7 Å². The summed E-state index contributed by atoms with van der Waals surface area (Å²) >= 11 is 0.968. The molecule has 0 saturated carbocycles. The number of carbonyl (C=O) groups is 2. The van der Waals surface area contributed by atoms with Crippen molar-refractivity contribution in [1.29, 1.82) is 10.5 Å². The van der Waals surface area contributed by atoms with Crippen LogP contribution in [0.4, 0.5) is 0 Å². The lowest BCUT2D eigenvalue weighted by Crippen LogP contribution is -2.37. The van der Waals surface area contributed by atoms with Gasteiger partial charge in [0.2, 0.25) is 5.91 Å². The van der Waals surface area contributed by atoms with E-state index in [2.05, 4.69) is 0 Å². The summed E-state index contributed by atoms with van der Waals surface area (Å²) in [4.78, 5) is 24.5. The van der Waals surface area contributed by atoms with Crippen LogP contribution in [-0.2, 0) is 9.59 Å². The molecule has 2 aliphatic heterocycles. The van der Waals surface area contributed by atoms with Crippen molar-refractivity contribution in [3.8, 4) is 12.1 Å². The number of nitrogens with two attached hydrogens (primary N) is 1. The summed E-state index contributed by atoms with van der Waals surface area (Å²) in [5, 5.41) is 27.3.